The highest BCUT2D eigenvalue weighted by Gasteiger charge is 2.40. The predicted octanol–water partition coefficient (Wildman–Crippen LogP) is 5.01. The second-order valence-electron chi connectivity index (χ2n) is 6.94. The number of piperazine rings is 1. The maximum Gasteiger partial charge on any atom is 0.420 e. The summed E-state index contributed by atoms with van der Waals surface area (Å²) in [7, 11) is 0. The molecule has 1 aliphatic heterocycles. The Morgan fingerprint density at radius 1 is 1.12 bits per heavy atom. The molecule has 9 heteroatoms. The molecule has 1 heterocycles. The fraction of sp³-hybridized carbons (Fsp3) is 0.625. The molecule has 1 aromatic carbocycles. The molecule has 2 N–H and O–H groups in total. The lowest BCUT2D eigenvalue weighted by molar-refractivity contribution is -0.139. The second-order valence-corrected chi connectivity index (χ2v) is 7.86. The van der Waals surface area contributed by atoms with Crippen LogP contribution < -0.4 is 5.32 Å². The number of rotatable bonds is 2. The first-order chi connectivity index (χ1) is 10.5. The van der Waals surface area contributed by atoms with Crippen LogP contribution in [0.1, 0.15) is 37.9 Å². The van der Waals surface area contributed by atoms with E-state index in [0.717, 1.165) is 32.2 Å². The van der Waals surface area contributed by atoms with E-state index in [0.29, 0.717) is 10.0 Å². The van der Waals surface area contributed by atoms with Crippen molar-refractivity contribution in [3.63, 3.8) is 0 Å². The first kappa shape index (κ1) is 24.8. The molecule has 1 saturated heterocycles. The van der Waals surface area contributed by atoms with Crippen LogP contribution in [0.25, 0.3) is 0 Å². The Balaban J connectivity index is 0.00000288. The van der Waals surface area contributed by atoms with Gasteiger partial charge in [0, 0.05) is 42.3 Å². The van der Waals surface area contributed by atoms with Gasteiger partial charge in [0.1, 0.15) is 5.75 Å². The van der Waals surface area contributed by atoms with Crippen molar-refractivity contribution >= 4 is 40.7 Å². The average Bonchev–Trinajstić information content (AvgIpc) is 2.41. The Hall–Kier alpha value is -0.210. The van der Waals surface area contributed by atoms with Crippen molar-refractivity contribution in [1.29, 1.82) is 0 Å². The lowest BCUT2D eigenvalue weighted by Crippen LogP contribution is -2.48. The highest BCUT2D eigenvalue weighted by molar-refractivity contribution is 9.10. The molecule has 0 radical (unpaired) electrons. The van der Waals surface area contributed by atoms with E-state index in [1.165, 1.54) is 0 Å². The molecule has 1 fully saturated rings. The molecular formula is C16H24BrCl2F3N2O. The third-order valence-electron chi connectivity index (χ3n) is 4.04. The number of hydrogen-bond acceptors (Lipinski definition) is 3. The van der Waals surface area contributed by atoms with E-state index in [1.807, 2.05) is 20.8 Å². The van der Waals surface area contributed by atoms with Crippen LogP contribution in [0.2, 0.25) is 0 Å². The molecule has 25 heavy (non-hydrogen) atoms. The highest BCUT2D eigenvalue weighted by Crippen LogP contribution is 2.47. The van der Waals surface area contributed by atoms with Gasteiger partial charge >= 0.3 is 6.18 Å². The number of alkyl halides is 3. The number of benzene rings is 1. The van der Waals surface area contributed by atoms with Crippen LogP contribution in [0.5, 0.6) is 5.75 Å². The zero-order valence-electron chi connectivity index (χ0n) is 14.3. The number of nitrogens with one attached hydrogen (secondary N) is 1. The molecular weight excluding hydrogens is 444 g/mol. The lowest BCUT2D eigenvalue weighted by atomic mass is 9.80. The third kappa shape index (κ3) is 5.89. The third-order valence-corrected chi connectivity index (χ3v) is 4.50. The number of phenolic OH excluding ortho intramolecular Hbond substituents is 1. The zero-order chi connectivity index (χ0) is 17.4. The minimum atomic E-state index is -4.59. The summed E-state index contributed by atoms with van der Waals surface area (Å²) < 4.78 is 39.9. The second kappa shape index (κ2) is 9.13. The van der Waals surface area contributed by atoms with Crippen LogP contribution in [0, 0.1) is 5.41 Å². The van der Waals surface area contributed by atoms with E-state index in [1.54, 1.807) is 6.07 Å². The fourth-order valence-electron chi connectivity index (χ4n) is 3.20. The molecule has 2 rings (SSSR count). The van der Waals surface area contributed by atoms with Crippen LogP contribution in [0.4, 0.5) is 13.2 Å². The van der Waals surface area contributed by atoms with Gasteiger partial charge in [-0.25, -0.2) is 0 Å². The molecule has 0 unspecified atom stereocenters. The Morgan fingerprint density at radius 2 is 1.64 bits per heavy atom. The maximum absolute atomic E-state index is 13.2. The zero-order valence-corrected chi connectivity index (χ0v) is 17.5. The number of nitrogens with zero attached hydrogens (tertiary/aromatic N) is 1. The summed E-state index contributed by atoms with van der Waals surface area (Å²) in [5.41, 5.74) is -0.995. The van der Waals surface area contributed by atoms with Gasteiger partial charge in [0.2, 0.25) is 0 Å². The molecule has 0 bridgehead atoms. The summed E-state index contributed by atoms with van der Waals surface area (Å²) >= 11 is 3.16. The Morgan fingerprint density at radius 3 is 2.08 bits per heavy atom. The summed E-state index contributed by atoms with van der Waals surface area (Å²) in [6.07, 6.45) is -4.59. The quantitative estimate of drug-likeness (QED) is 0.641. The highest BCUT2D eigenvalue weighted by atomic mass is 79.9. The summed E-state index contributed by atoms with van der Waals surface area (Å²) in [6, 6.07) is 2.22. The van der Waals surface area contributed by atoms with E-state index in [2.05, 4.69) is 26.1 Å². The van der Waals surface area contributed by atoms with E-state index in [-0.39, 0.29) is 36.3 Å². The normalized spacial score (nSPS) is 17.4. The summed E-state index contributed by atoms with van der Waals surface area (Å²) in [5.74, 6) is -0.667. The van der Waals surface area contributed by atoms with Crippen LogP contribution >= 0.6 is 40.7 Å². The van der Waals surface area contributed by atoms with Gasteiger partial charge in [0.25, 0.3) is 0 Å². The first-order valence-corrected chi connectivity index (χ1v) is 8.35. The van der Waals surface area contributed by atoms with Crippen molar-refractivity contribution in [1.82, 2.24) is 10.2 Å². The molecule has 0 aliphatic carbocycles. The maximum atomic E-state index is 13.2. The van der Waals surface area contributed by atoms with Crippen LogP contribution in [0.15, 0.2) is 16.6 Å². The summed E-state index contributed by atoms with van der Waals surface area (Å²) in [4.78, 5) is 2.14. The van der Waals surface area contributed by atoms with Crippen molar-refractivity contribution in [2.75, 3.05) is 26.2 Å². The topological polar surface area (TPSA) is 35.5 Å². The Bertz CT molecular complexity index is 574. The van der Waals surface area contributed by atoms with E-state index < -0.39 is 17.5 Å². The van der Waals surface area contributed by atoms with Gasteiger partial charge in [-0.1, -0.05) is 36.7 Å². The Kier molecular flexibility index (Phi) is 9.05. The molecule has 0 aromatic heterocycles. The van der Waals surface area contributed by atoms with E-state index >= 15 is 0 Å². The minimum Gasteiger partial charge on any atom is -0.507 e. The molecule has 1 aromatic rings. The number of halogens is 6. The number of phenols is 1. The molecule has 3 nitrogen and oxygen atoms in total. The van der Waals surface area contributed by atoms with Gasteiger partial charge in [0.15, 0.2) is 0 Å². The summed E-state index contributed by atoms with van der Waals surface area (Å²) in [6.45, 7) is 8.97. The molecule has 0 spiro atoms. The van der Waals surface area contributed by atoms with Crippen LogP contribution in [-0.2, 0) is 6.18 Å². The SMILES string of the molecule is CC(C)(C)[C@H](c1cc(Br)cc(C(F)(F)F)c1O)N1CCNCC1.Cl.Cl. The van der Waals surface area contributed by atoms with Crippen molar-refractivity contribution in [3.05, 3.63) is 27.7 Å². The predicted molar refractivity (Wildman–Crippen MR) is 102 cm³/mol. The fourth-order valence-corrected chi connectivity index (χ4v) is 3.67. The monoisotopic (exact) mass is 466 g/mol. The number of aromatic hydroxyl groups is 1. The van der Waals surface area contributed by atoms with E-state index in [4.69, 9.17) is 0 Å². The van der Waals surface area contributed by atoms with Crippen molar-refractivity contribution in [3.8, 4) is 5.75 Å². The van der Waals surface area contributed by atoms with Gasteiger partial charge in [-0.15, -0.1) is 24.8 Å². The molecule has 146 valence electrons. The van der Waals surface area contributed by atoms with Gasteiger partial charge in [-0.2, -0.15) is 13.2 Å². The lowest BCUT2D eigenvalue weighted by Gasteiger charge is -2.43. The van der Waals surface area contributed by atoms with Crippen molar-refractivity contribution in [2.24, 2.45) is 5.41 Å². The summed E-state index contributed by atoms with van der Waals surface area (Å²) in [5, 5.41) is 13.6. The smallest absolute Gasteiger partial charge is 0.420 e. The largest absolute Gasteiger partial charge is 0.507 e. The number of hydrogen-bond donors (Lipinski definition) is 2. The van der Waals surface area contributed by atoms with Gasteiger partial charge in [-0.3, -0.25) is 4.90 Å². The Labute approximate surface area is 167 Å². The van der Waals surface area contributed by atoms with Gasteiger partial charge in [0.05, 0.1) is 5.56 Å². The van der Waals surface area contributed by atoms with Gasteiger partial charge < -0.3 is 10.4 Å². The van der Waals surface area contributed by atoms with Gasteiger partial charge in [-0.05, 0) is 17.5 Å². The van der Waals surface area contributed by atoms with Crippen LogP contribution in [0.3, 0.4) is 0 Å². The standard InChI is InChI=1S/C16H22BrF3N2O.2ClH/c1-15(2,3)14(22-6-4-21-5-7-22)11-8-10(17)9-12(13(11)23)16(18,19)20;;/h8-9,14,21,23H,4-7H2,1-3H3;2*1H/t14-;;/m0../s1. The average molecular weight is 468 g/mol. The molecule has 0 amide bonds. The molecule has 1 aliphatic rings. The van der Waals surface area contributed by atoms with E-state index in [9.17, 15) is 18.3 Å². The molecule has 1 atom stereocenters. The minimum absolute atomic E-state index is 0. The first-order valence-electron chi connectivity index (χ1n) is 7.56. The van der Waals surface area contributed by atoms with Crippen molar-refractivity contribution in [2.45, 2.75) is 33.0 Å². The van der Waals surface area contributed by atoms with Crippen LogP contribution in [-0.4, -0.2) is 36.2 Å². The molecule has 0 saturated carbocycles. The van der Waals surface area contributed by atoms with Crippen molar-refractivity contribution < 1.29 is 18.3 Å².